The van der Waals surface area contributed by atoms with Gasteiger partial charge in [0.2, 0.25) is 62.4 Å². The van der Waals surface area contributed by atoms with Crippen molar-refractivity contribution in [3.05, 3.63) is 0 Å². The van der Waals surface area contributed by atoms with Gasteiger partial charge in [-0.15, -0.1) is 0 Å². The molecule has 45 atom stereocenters. The van der Waals surface area contributed by atoms with E-state index in [0.717, 1.165) is 34.6 Å². The number of aliphatic hydroxyl groups excluding tert-OH is 11. The van der Waals surface area contributed by atoms with Crippen molar-refractivity contribution < 1.29 is 244 Å². The summed E-state index contributed by atoms with van der Waals surface area (Å²) in [5.41, 5.74) is 0. The fraction of sp³-hybridized carbons (Fsp3) is 1.00. The van der Waals surface area contributed by atoms with Crippen LogP contribution in [0.4, 0.5) is 0 Å². The molecule has 9 aliphatic rings. The lowest BCUT2D eigenvalue weighted by Gasteiger charge is -2.51. The monoisotopic (exact) mass is 1850 g/mol. The van der Waals surface area contributed by atoms with Crippen LogP contribution in [-0.4, -0.2) is 406 Å². The van der Waals surface area contributed by atoms with Crippen LogP contribution in [0.1, 0.15) is 83.1 Å². The lowest BCUT2D eigenvalue weighted by atomic mass is 9.88. The third-order valence-corrected chi connectivity index (χ3v) is 23.9. The molecule has 0 aromatic heterocycles. The molecule has 59 heteroatoms. The molecule has 9 aliphatic heterocycles. The van der Waals surface area contributed by atoms with Crippen molar-refractivity contribution >= 4 is 62.4 Å². The summed E-state index contributed by atoms with van der Waals surface area (Å²) >= 11 is 0. The highest BCUT2D eigenvalue weighted by Crippen LogP contribution is 2.43. The van der Waals surface area contributed by atoms with Gasteiger partial charge >= 0.3 is 0 Å². The predicted octanol–water partition coefficient (Wildman–Crippen LogP) is -10.4. The first-order valence-corrected chi connectivity index (χ1v) is 44.0. The number of ether oxygens (including phenoxy) is 18. The van der Waals surface area contributed by atoms with Gasteiger partial charge in [-0.3, -0.25) is 25.1 Å². The molecule has 53 nitrogen and oxygen atoms in total. The van der Waals surface area contributed by atoms with E-state index in [0.29, 0.717) is 0 Å². The Morgan fingerprint density at radius 3 is 0.873 bits per heavy atom. The maximum Gasteiger partial charge on any atom is 0.218 e. The van der Waals surface area contributed by atoms with E-state index in [1.807, 2.05) is 6.92 Å². The second kappa shape index (κ2) is 40.2. The van der Waals surface area contributed by atoms with Gasteiger partial charge in [0.25, 0.3) is 0 Å². The van der Waals surface area contributed by atoms with Crippen molar-refractivity contribution in [3.63, 3.8) is 0 Å². The summed E-state index contributed by atoms with van der Waals surface area (Å²) in [6.07, 6.45) is -75.7. The Hall–Kier alpha value is -1.94. The average Bonchev–Trinajstić information content (AvgIpc) is 0.784. The van der Waals surface area contributed by atoms with Crippen LogP contribution in [-0.2, 0) is 173 Å². The Kier molecular flexibility index (Phi) is 34.5. The van der Waals surface area contributed by atoms with Gasteiger partial charge in [-0.25, -0.2) is 50.5 Å². The van der Waals surface area contributed by atoms with Crippen LogP contribution in [0.15, 0.2) is 0 Å². The van der Waals surface area contributed by atoms with Gasteiger partial charge in [0, 0.05) is 32.0 Å². The van der Waals surface area contributed by atoms with Crippen LogP contribution in [0.2, 0.25) is 0 Å². The summed E-state index contributed by atoms with van der Waals surface area (Å²) < 4.78 is 343. The van der Waals surface area contributed by atoms with Crippen molar-refractivity contribution in [2.45, 2.75) is 341 Å². The Balaban J connectivity index is 0.000000319. The highest BCUT2D eigenvalue weighted by molar-refractivity contribution is 7.82. The van der Waals surface area contributed by atoms with Crippen molar-refractivity contribution in [3.8, 4) is 0 Å². The Bertz CT molecular complexity index is 3950. The molecule has 694 valence electrons. The van der Waals surface area contributed by atoms with E-state index in [1.54, 1.807) is 34.6 Å². The van der Waals surface area contributed by atoms with E-state index in [2.05, 4.69) is 20.9 Å². The predicted molar refractivity (Wildman–Crippen MR) is 358 cm³/mol. The molecule has 9 rings (SSSR count). The molecule has 0 saturated carbocycles. The van der Waals surface area contributed by atoms with Crippen LogP contribution in [0, 0.1) is 17.8 Å². The van der Waals surface area contributed by atoms with Gasteiger partial charge in [-0.1, -0.05) is 20.8 Å². The van der Waals surface area contributed by atoms with Gasteiger partial charge in [-0.2, -0.15) is 0 Å². The molecule has 0 radical (unpaired) electrons. The highest BCUT2D eigenvalue weighted by atomic mass is 32.3. The standard InChI is InChI=1S/C30H52O36S5.C29H52O17S/c1-6-11(31)14(34)22(63-68(41,42)43)27(54-6)60-19-12(32)7(2)56-30(24(19)65-70(47,48)49)59-18-10(5)57-28(23(16(18)36)64-69(44,45)46)61-20-13(33)8(3)55-29(25(20)66-71(50,51)52)58-17-9(4)53-26(37)21(15(17)35)62-67(38,39)40;1-10-13(4)39-26(38-9)20(33)21(10)43-29-25(46-47(34,35)36)23(12(3)15(6)41-29)44-28-24(22(37-8)11(2)14(5)40-28)45-27-19(32)18(31)17(30)16(7)42-27/h6-37H,1-5H3,(H,38,39,40)(H,41,42,43)(H,44,45,46)(H,47,48,49)(H,50,51,52);10-33H,1-9H3,(H,34,35,36)/p-6/t6?,7?,8?,9?,10?,11-,12-,13-,14+,15+,16+,17-,18-,19+,20+,21?,22?,23?,24?,25?,26-,27+,28+,29+,30+;10-,11-,12-,13?,14?,15?,16?,17-,18?,19?,20?,21+,22+,23+,24?,25?,26-,27+,28+,29+/m11/s1. The molecule has 11 N–H and O–H groups in total. The van der Waals surface area contributed by atoms with Crippen molar-refractivity contribution in [1.29, 1.82) is 0 Å². The zero-order valence-electron chi connectivity index (χ0n) is 64.5. The van der Waals surface area contributed by atoms with Crippen molar-refractivity contribution in [2.75, 3.05) is 14.2 Å². The smallest absolute Gasteiger partial charge is 0.218 e. The van der Waals surface area contributed by atoms with E-state index < -0.39 is 332 Å². The van der Waals surface area contributed by atoms with Gasteiger partial charge in [0.15, 0.2) is 93.2 Å². The SMILES string of the molecule is CC1O[C@@H](O[C@@H]2C(OS(=O)(=O)[O-])[C@H](O[C@@H]3C(C)O[C@@H](O[C@@H]4C(OS(=O)(=O)[O-])[C@H](O[C@@H]5C(C)O[C@@H](O)C(OS(=O)(=O)[O-])[C@H]5O)OC(C)[C@H]4O)C(OS(=O)(=O)[O-])[C@H]3O)OC(C)[C@H]2O)C(OS(=O)(=O)[O-])[C@@H](O)[C@@H]1O.CO[C@@H]1OC(C)[C@@H](C)[C@H](O[C@@H]2OC(C)[C@@H](C)[C@H](O[C@@H]3OC(C)[C@@H](C)[C@H](OC)C3O[C@@H]3OC(C)[C@@H](O)C(O)C3O)C2OS(=O)(=O)[O-])C1O. The quantitative estimate of drug-likeness (QED) is 0.0256. The Morgan fingerprint density at radius 1 is 0.203 bits per heavy atom. The fourth-order valence-electron chi connectivity index (χ4n) is 14.5. The van der Waals surface area contributed by atoms with Gasteiger partial charge in [0.1, 0.15) is 91.6 Å². The maximum atomic E-state index is 12.1. The molecular formula is C59H98O53S6-6. The normalized spacial score (nSPS) is 48.0. The molecule has 0 bridgehead atoms. The second-order valence-corrected chi connectivity index (χ2v) is 35.4. The Morgan fingerprint density at radius 2 is 0.466 bits per heavy atom. The topological polar surface area (TPSA) is 787 Å². The number of rotatable bonds is 28. The first-order chi connectivity index (χ1) is 54.1. The third kappa shape index (κ3) is 25.3. The first-order valence-electron chi connectivity index (χ1n) is 36.0. The molecular weight excluding hydrogens is 1750 g/mol. The third-order valence-electron chi connectivity index (χ3n) is 21.2. The van der Waals surface area contributed by atoms with E-state index >= 15 is 0 Å². The number of hydrogen-bond donors (Lipinski definition) is 11. The summed E-state index contributed by atoms with van der Waals surface area (Å²) in [6, 6.07) is 0. The number of hydrogen-bond acceptors (Lipinski definition) is 53. The summed E-state index contributed by atoms with van der Waals surface area (Å²) in [5.74, 6) is -1.35. The summed E-state index contributed by atoms with van der Waals surface area (Å²) in [4.78, 5) is 0. The lowest BCUT2D eigenvalue weighted by Crippen LogP contribution is -2.68. The summed E-state index contributed by atoms with van der Waals surface area (Å²) in [6.45, 7) is 17.2. The second-order valence-electron chi connectivity index (χ2n) is 29.3. The zero-order valence-corrected chi connectivity index (χ0v) is 69.4. The minimum Gasteiger partial charge on any atom is -0.726 e. The molecule has 118 heavy (non-hydrogen) atoms. The number of aliphatic hydroxyl groups is 11. The minimum absolute atomic E-state index is 0.290. The van der Waals surface area contributed by atoms with Crippen LogP contribution < -0.4 is 0 Å². The molecule has 9 fully saturated rings. The minimum atomic E-state index is -6.06. The fourth-order valence-corrected chi connectivity index (χ4v) is 17.3. The maximum absolute atomic E-state index is 12.1. The lowest BCUT2D eigenvalue weighted by molar-refractivity contribution is -0.383. The summed E-state index contributed by atoms with van der Waals surface area (Å²) in [7, 11) is -32.1. The molecule has 0 spiro atoms. The molecule has 0 amide bonds. The van der Waals surface area contributed by atoms with Crippen LogP contribution >= 0.6 is 0 Å². The largest absolute Gasteiger partial charge is 0.726 e. The van der Waals surface area contributed by atoms with E-state index in [-0.39, 0.29) is 5.92 Å². The zero-order chi connectivity index (χ0) is 89.0. The van der Waals surface area contributed by atoms with Crippen molar-refractivity contribution in [1.82, 2.24) is 0 Å². The van der Waals surface area contributed by atoms with E-state index in [9.17, 15) is 134 Å². The number of methoxy groups -OCH3 is 2. The van der Waals surface area contributed by atoms with Gasteiger partial charge in [-0.05, 0) is 62.3 Å². The first kappa shape index (κ1) is 101. The van der Waals surface area contributed by atoms with E-state index in [4.69, 9.17) is 89.4 Å². The molecule has 0 aromatic rings. The van der Waals surface area contributed by atoms with Gasteiger partial charge in [0.05, 0.1) is 73.2 Å². The van der Waals surface area contributed by atoms with Gasteiger partial charge < -0.3 is 169 Å². The van der Waals surface area contributed by atoms with Crippen molar-refractivity contribution in [2.24, 2.45) is 17.8 Å². The molecule has 0 aliphatic carbocycles. The molecule has 19 unspecified atom stereocenters. The molecule has 9 heterocycles. The van der Waals surface area contributed by atoms with Crippen LogP contribution in [0.3, 0.4) is 0 Å². The van der Waals surface area contributed by atoms with E-state index in [1.165, 1.54) is 21.1 Å². The Labute approximate surface area is 676 Å². The average molecular weight is 1850 g/mol. The van der Waals surface area contributed by atoms with Crippen LogP contribution in [0.25, 0.3) is 0 Å². The summed E-state index contributed by atoms with van der Waals surface area (Å²) in [5, 5.41) is 118. The molecule has 9 saturated heterocycles. The molecule has 0 aromatic carbocycles. The van der Waals surface area contributed by atoms with Crippen LogP contribution in [0.5, 0.6) is 0 Å². The highest BCUT2D eigenvalue weighted by Gasteiger charge is 2.61.